The molecular weight excluding hydrogens is 561 g/mol. The van der Waals surface area contributed by atoms with Crippen LogP contribution >= 0.6 is 34.5 Å². The zero-order valence-electron chi connectivity index (χ0n) is 20.0. The van der Waals surface area contributed by atoms with E-state index in [9.17, 15) is 18.8 Å². The minimum absolute atomic E-state index is 0.0210. The maximum Gasteiger partial charge on any atom is 0.338 e. The average Bonchev–Trinajstić information content (AvgIpc) is 3.20. The standard InChI is InChI=1S/C26H20Cl2F2N2O5S/c1-3-36-25(34)12-7-5-9-15(29)13(12)11-17-23(33)32-22(31)20(26(35)37-4-2)19(21(28)24(32)38-17)18-14(27)8-6-10-16(18)30/h5-11,19H,3-4,31H2,1-2H3/t19-/m1/s1. The number of halogens is 4. The van der Waals surface area contributed by atoms with Gasteiger partial charge in [0.2, 0.25) is 0 Å². The summed E-state index contributed by atoms with van der Waals surface area (Å²) >= 11 is 13.8. The number of rotatable bonds is 6. The zero-order chi connectivity index (χ0) is 27.7. The predicted octanol–water partition coefficient (Wildman–Crippen LogP) is 3.68. The van der Waals surface area contributed by atoms with Gasteiger partial charge in [-0.1, -0.05) is 35.3 Å². The fourth-order valence-corrected chi connectivity index (χ4v) is 5.81. The minimum Gasteiger partial charge on any atom is -0.463 e. The van der Waals surface area contributed by atoms with Crippen LogP contribution in [0.2, 0.25) is 5.02 Å². The Morgan fingerprint density at radius 1 is 1.05 bits per heavy atom. The number of hydrogen-bond donors (Lipinski definition) is 1. The van der Waals surface area contributed by atoms with Crippen LogP contribution in [0, 0.1) is 11.6 Å². The molecular formula is C26H20Cl2F2N2O5S. The van der Waals surface area contributed by atoms with Crippen LogP contribution in [0.25, 0.3) is 16.9 Å². The Hall–Kier alpha value is -3.47. The molecule has 1 aliphatic rings. The van der Waals surface area contributed by atoms with E-state index >= 15 is 4.39 Å². The molecule has 0 bridgehead atoms. The molecule has 3 aromatic rings. The lowest BCUT2D eigenvalue weighted by Crippen LogP contribution is -2.39. The number of carbonyl (C=O) groups is 2. The molecule has 0 radical (unpaired) electrons. The van der Waals surface area contributed by atoms with Gasteiger partial charge in [-0.05, 0) is 44.2 Å². The smallest absolute Gasteiger partial charge is 0.338 e. The molecule has 0 saturated heterocycles. The van der Waals surface area contributed by atoms with Crippen molar-refractivity contribution >= 4 is 63.4 Å². The molecule has 0 fully saturated rings. The Balaban J connectivity index is 2.06. The second-order valence-corrected chi connectivity index (χ2v) is 9.76. The van der Waals surface area contributed by atoms with E-state index in [4.69, 9.17) is 38.4 Å². The number of nitrogens with two attached hydrogens (primary N) is 1. The van der Waals surface area contributed by atoms with Crippen LogP contribution in [-0.2, 0) is 14.3 Å². The van der Waals surface area contributed by atoms with Crippen molar-refractivity contribution in [3.05, 3.63) is 94.9 Å². The largest absolute Gasteiger partial charge is 0.463 e. The molecule has 0 aliphatic carbocycles. The number of fused-ring (bicyclic) bond motifs is 1. The van der Waals surface area contributed by atoms with Crippen molar-refractivity contribution in [2.45, 2.75) is 19.8 Å². The fraction of sp³-hybridized carbons (Fsp3) is 0.192. The van der Waals surface area contributed by atoms with Crippen molar-refractivity contribution in [3.63, 3.8) is 0 Å². The molecule has 38 heavy (non-hydrogen) atoms. The zero-order valence-corrected chi connectivity index (χ0v) is 22.3. The first-order chi connectivity index (χ1) is 18.1. The molecule has 198 valence electrons. The Bertz CT molecular complexity index is 1660. The lowest BCUT2D eigenvalue weighted by molar-refractivity contribution is -0.138. The first kappa shape index (κ1) is 27.6. The summed E-state index contributed by atoms with van der Waals surface area (Å²) in [6, 6.07) is 7.79. The van der Waals surface area contributed by atoms with Crippen molar-refractivity contribution in [1.82, 2.24) is 4.57 Å². The molecule has 2 aromatic carbocycles. The fourth-order valence-electron chi connectivity index (χ4n) is 4.07. The molecule has 2 heterocycles. The highest BCUT2D eigenvalue weighted by atomic mass is 35.5. The molecule has 4 rings (SSSR count). The average molecular weight is 581 g/mol. The van der Waals surface area contributed by atoms with Gasteiger partial charge in [-0.25, -0.2) is 18.4 Å². The lowest BCUT2D eigenvalue weighted by Gasteiger charge is -2.26. The second kappa shape index (κ2) is 11.1. The monoisotopic (exact) mass is 580 g/mol. The predicted molar refractivity (Wildman–Crippen MR) is 141 cm³/mol. The highest BCUT2D eigenvalue weighted by Crippen LogP contribution is 2.42. The summed E-state index contributed by atoms with van der Waals surface area (Å²) in [7, 11) is 0. The Morgan fingerprint density at radius 3 is 2.34 bits per heavy atom. The quantitative estimate of drug-likeness (QED) is 0.446. The van der Waals surface area contributed by atoms with E-state index in [0.29, 0.717) is 0 Å². The highest BCUT2D eigenvalue weighted by molar-refractivity contribution is 7.08. The summed E-state index contributed by atoms with van der Waals surface area (Å²) in [4.78, 5) is 38.8. The number of esters is 2. The number of benzene rings is 2. The molecule has 0 spiro atoms. The van der Waals surface area contributed by atoms with E-state index in [0.717, 1.165) is 28.0 Å². The molecule has 0 saturated carbocycles. The maximum absolute atomic E-state index is 15.0. The second-order valence-electron chi connectivity index (χ2n) is 7.91. The third kappa shape index (κ3) is 4.75. The van der Waals surface area contributed by atoms with Crippen LogP contribution in [0.5, 0.6) is 0 Å². The molecule has 2 N–H and O–H groups in total. The van der Waals surface area contributed by atoms with Crippen molar-refractivity contribution in [2.24, 2.45) is 5.73 Å². The number of thiazole rings is 1. The van der Waals surface area contributed by atoms with Crippen molar-refractivity contribution in [2.75, 3.05) is 13.2 Å². The summed E-state index contributed by atoms with van der Waals surface area (Å²) in [5.74, 6) is -4.83. The first-order valence-electron chi connectivity index (χ1n) is 11.3. The van der Waals surface area contributed by atoms with Gasteiger partial charge in [0.15, 0.2) is 0 Å². The lowest BCUT2D eigenvalue weighted by atomic mass is 9.88. The van der Waals surface area contributed by atoms with E-state index in [1.54, 1.807) is 13.8 Å². The summed E-state index contributed by atoms with van der Waals surface area (Å²) in [6.07, 6.45) is 1.17. The maximum atomic E-state index is 15.0. The Kier molecular flexibility index (Phi) is 8.05. The number of aromatic nitrogens is 1. The van der Waals surface area contributed by atoms with E-state index < -0.39 is 35.1 Å². The van der Waals surface area contributed by atoms with Gasteiger partial charge in [-0.2, -0.15) is 0 Å². The van der Waals surface area contributed by atoms with Crippen LogP contribution in [0.3, 0.4) is 0 Å². The van der Waals surface area contributed by atoms with Crippen LogP contribution in [0.1, 0.15) is 41.3 Å². The minimum atomic E-state index is -1.28. The van der Waals surface area contributed by atoms with Crippen LogP contribution in [0.4, 0.5) is 8.78 Å². The van der Waals surface area contributed by atoms with Gasteiger partial charge in [-0.3, -0.25) is 9.36 Å². The number of nitrogens with zero attached hydrogens (tertiary/aromatic N) is 1. The van der Waals surface area contributed by atoms with E-state index in [2.05, 4.69) is 0 Å². The van der Waals surface area contributed by atoms with E-state index in [-0.39, 0.29) is 60.5 Å². The normalized spacial score (nSPS) is 15.5. The summed E-state index contributed by atoms with van der Waals surface area (Å²) in [6.45, 7) is 3.21. The van der Waals surface area contributed by atoms with Gasteiger partial charge < -0.3 is 15.2 Å². The van der Waals surface area contributed by atoms with Crippen LogP contribution < -0.4 is 20.5 Å². The summed E-state index contributed by atoms with van der Waals surface area (Å²) in [5.41, 5.74) is 4.90. The first-order valence-corrected chi connectivity index (χ1v) is 12.9. The van der Waals surface area contributed by atoms with Crippen molar-refractivity contribution in [3.8, 4) is 0 Å². The van der Waals surface area contributed by atoms with Crippen molar-refractivity contribution in [1.29, 1.82) is 0 Å². The van der Waals surface area contributed by atoms with Gasteiger partial charge in [0.25, 0.3) is 5.56 Å². The topological polar surface area (TPSA) is 101 Å². The number of carbonyl (C=O) groups excluding carboxylic acids is 2. The van der Waals surface area contributed by atoms with Gasteiger partial charge in [0.05, 0.1) is 39.8 Å². The van der Waals surface area contributed by atoms with Crippen LogP contribution in [-0.4, -0.2) is 29.7 Å². The molecule has 1 aromatic heterocycles. The summed E-state index contributed by atoms with van der Waals surface area (Å²) in [5, 5.41) is -0.137. The molecule has 1 atom stereocenters. The Morgan fingerprint density at radius 2 is 1.68 bits per heavy atom. The summed E-state index contributed by atoms with van der Waals surface area (Å²) < 4.78 is 40.9. The molecule has 0 amide bonds. The Labute approximate surface area is 229 Å². The molecule has 0 unspecified atom stereocenters. The molecule has 12 heteroatoms. The molecule has 1 aliphatic heterocycles. The van der Waals surface area contributed by atoms with Gasteiger partial charge in [0.1, 0.15) is 22.1 Å². The highest BCUT2D eigenvalue weighted by Gasteiger charge is 2.38. The number of ether oxygens (including phenoxy) is 2. The van der Waals surface area contributed by atoms with Gasteiger partial charge in [0, 0.05) is 16.1 Å². The number of hydrogen-bond acceptors (Lipinski definition) is 7. The third-order valence-corrected chi connectivity index (χ3v) is 7.64. The third-order valence-electron chi connectivity index (χ3n) is 5.69. The van der Waals surface area contributed by atoms with Crippen LogP contribution in [0.15, 0.2) is 46.8 Å². The van der Waals surface area contributed by atoms with E-state index in [1.165, 1.54) is 30.3 Å². The SMILES string of the molecule is CCOC(=O)C1=C(N)n2c(sc(=Cc3c(F)cccc3C(=O)OCC)c2=O)=C(Cl)[C@@H]1c1c(F)cccc1Cl. The van der Waals surface area contributed by atoms with E-state index in [1.807, 2.05) is 0 Å². The van der Waals surface area contributed by atoms with Crippen molar-refractivity contribution < 1.29 is 27.8 Å². The molecule has 7 nitrogen and oxygen atoms in total. The van der Waals surface area contributed by atoms with Gasteiger partial charge >= 0.3 is 11.9 Å². The van der Waals surface area contributed by atoms with Gasteiger partial charge in [-0.15, -0.1) is 11.3 Å².